The van der Waals surface area contributed by atoms with Gasteiger partial charge in [0.1, 0.15) is 4.70 Å². The van der Waals surface area contributed by atoms with E-state index in [1.54, 1.807) is 7.05 Å². The fourth-order valence-electron chi connectivity index (χ4n) is 3.55. The van der Waals surface area contributed by atoms with Crippen molar-refractivity contribution in [1.29, 1.82) is 0 Å². The minimum absolute atomic E-state index is 0.0724. The van der Waals surface area contributed by atoms with Crippen LogP contribution in [0.25, 0.3) is 16.0 Å². The van der Waals surface area contributed by atoms with Crippen molar-refractivity contribution in [2.45, 2.75) is 25.4 Å². The summed E-state index contributed by atoms with van der Waals surface area (Å²) < 4.78 is 29.8. The summed E-state index contributed by atoms with van der Waals surface area (Å²) in [7, 11) is -1.53. The SMILES string of the molecule is Cn1c(=O)c2sccc2n2c(CN3CCCC(NS(C)(=O)=O)C3)nnc12. The van der Waals surface area contributed by atoms with Crippen molar-refractivity contribution < 1.29 is 8.42 Å². The van der Waals surface area contributed by atoms with Gasteiger partial charge in [-0.25, -0.2) is 13.1 Å². The number of nitrogens with one attached hydrogen (secondary N) is 1. The highest BCUT2D eigenvalue weighted by Crippen LogP contribution is 2.21. The minimum Gasteiger partial charge on any atom is -0.294 e. The molecule has 0 aliphatic carbocycles. The molecular weight excluding hydrogens is 376 g/mol. The number of piperidine rings is 1. The predicted molar refractivity (Wildman–Crippen MR) is 99.9 cm³/mol. The second kappa shape index (κ2) is 6.41. The molecule has 140 valence electrons. The molecule has 11 heteroatoms. The molecule has 4 heterocycles. The summed E-state index contributed by atoms with van der Waals surface area (Å²) in [6.07, 6.45) is 2.93. The number of rotatable bonds is 4. The fourth-order valence-corrected chi connectivity index (χ4v) is 5.20. The zero-order valence-electron chi connectivity index (χ0n) is 14.5. The van der Waals surface area contributed by atoms with Crippen LogP contribution < -0.4 is 10.3 Å². The Labute approximate surface area is 154 Å². The Balaban J connectivity index is 1.67. The fraction of sp³-hybridized carbons (Fsp3) is 0.533. The number of aromatic nitrogens is 4. The second-order valence-corrected chi connectivity index (χ2v) is 9.41. The molecule has 1 aliphatic heterocycles. The van der Waals surface area contributed by atoms with Crippen LogP contribution in [-0.4, -0.2) is 57.9 Å². The van der Waals surface area contributed by atoms with E-state index in [4.69, 9.17) is 0 Å². The third-order valence-electron chi connectivity index (χ3n) is 4.65. The molecule has 3 aromatic rings. The van der Waals surface area contributed by atoms with E-state index >= 15 is 0 Å². The van der Waals surface area contributed by atoms with Crippen LogP contribution in [0.2, 0.25) is 0 Å². The van der Waals surface area contributed by atoms with E-state index < -0.39 is 10.0 Å². The molecule has 1 saturated heterocycles. The van der Waals surface area contributed by atoms with Crippen LogP contribution in [0.5, 0.6) is 0 Å². The Morgan fingerprint density at radius 1 is 1.38 bits per heavy atom. The van der Waals surface area contributed by atoms with Crippen LogP contribution in [-0.2, 0) is 23.6 Å². The van der Waals surface area contributed by atoms with E-state index in [0.29, 0.717) is 23.6 Å². The lowest BCUT2D eigenvalue weighted by Crippen LogP contribution is -2.47. The first-order valence-corrected chi connectivity index (χ1v) is 11.1. The van der Waals surface area contributed by atoms with Crippen LogP contribution in [0.1, 0.15) is 18.7 Å². The van der Waals surface area contributed by atoms with E-state index in [1.165, 1.54) is 22.2 Å². The standard InChI is InChI=1S/C15H20N6O3S2/c1-19-14(22)13-11(5-7-25-13)21-12(16-17-15(19)21)9-20-6-3-4-10(8-20)18-26(2,23)24/h5,7,10,18H,3-4,6,8-9H2,1-2H3. The van der Waals surface area contributed by atoms with Crippen LogP contribution in [0, 0.1) is 0 Å². The number of hydrogen-bond donors (Lipinski definition) is 1. The lowest BCUT2D eigenvalue weighted by atomic mass is 10.1. The van der Waals surface area contributed by atoms with Gasteiger partial charge in [0.2, 0.25) is 15.8 Å². The maximum Gasteiger partial charge on any atom is 0.272 e. The molecular formula is C15H20N6O3S2. The number of fused-ring (bicyclic) bond motifs is 3. The van der Waals surface area contributed by atoms with Gasteiger partial charge in [-0.3, -0.25) is 18.7 Å². The molecule has 0 aromatic carbocycles. The van der Waals surface area contributed by atoms with Crippen molar-refractivity contribution in [2.75, 3.05) is 19.3 Å². The topological polar surface area (TPSA) is 102 Å². The Hall–Kier alpha value is -1.82. The Kier molecular flexibility index (Phi) is 4.34. The number of sulfonamides is 1. The summed E-state index contributed by atoms with van der Waals surface area (Å²) in [5.41, 5.74) is 0.743. The smallest absolute Gasteiger partial charge is 0.272 e. The number of nitrogens with zero attached hydrogens (tertiary/aromatic N) is 5. The zero-order valence-corrected chi connectivity index (χ0v) is 16.2. The summed E-state index contributed by atoms with van der Waals surface area (Å²) in [4.78, 5) is 14.6. The van der Waals surface area contributed by atoms with Gasteiger partial charge in [0.15, 0.2) is 5.82 Å². The van der Waals surface area contributed by atoms with Crippen molar-refractivity contribution in [3.8, 4) is 0 Å². The van der Waals surface area contributed by atoms with Gasteiger partial charge in [0.05, 0.1) is 18.3 Å². The van der Waals surface area contributed by atoms with Crippen molar-refractivity contribution in [2.24, 2.45) is 7.05 Å². The van der Waals surface area contributed by atoms with Crippen LogP contribution in [0.4, 0.5) is 0 Å². The summed E-state index contributed by atoms with van der Waals surface area (Å²) >= 11 is 1.41. The van der Waals surface area contributed by atoms with Crippen LogP contribution in [0.3, 0.4) is 0 Å². The highest BCUT2D eigenvalue weighted by molar-refractivity contribution is 7.88. The molecule has 0 saturated carbocycles. The third-order valence-corrected chi connectivity index (χ3v) is 6.30. The summed E-state index contributed by atoms with van der Waals surface area (Å²) in [6.45, 7) is 2.04. The summed E-state index contributed by atoms with van der Waals surface area (Å²) in [6, 6.07) is 1.81. The van der Waals surface area contributed by atoms with Gasteiger partial charge in [-0.15, -0.1) is 21.5 Å². The van der Waals surface area contributed by atoms with Gasteiger partial charge in [0, 0.05) is 19.6 Å². The molecule has 26 heavy (non-hydrogen) atoms. The van der Waals surface area contributed by atoms with E-state index in [2.05, 4.69) is 19.8 Å². The summed E-state index contributed by atoms with van der Waals surface area (Å²) in [5, 5.41) is 10.4. The summed E-state index contributed by atoms with van der Waals surface area (Å²) in [5.74, 6) is 1.26. The van der Waals surface area contributed by atoms with Crippen molar-refractivity contribution >= 4 is 37.4 Å². The number of likely N-dealkylation sites (tertiary alicyclic amines) is 1. The van der Waals surface area contributed by atoms with Gasteiger partial charge in [-0.05, 0) is 30.8 Å². The Bertz CT molecular complexity index is 1130. The van der Waals surface area contributed by atoms with Gasteiger partial charge in [-0.2, -0.15) is 0 Å². The molecule has 1 N–H and O–H groups in total. The van der Waals surface area contributed by atoms with Crippen LogP contribution in [0.15, 0.2) is 16.2 Å². The molecule has 0 amide bonds. The second-order valence-electron chi connectivity index (χ2n) is 6.72. The number of aryl methyl sites for hydroxylation is 1. The quantitative estimate of drug-likeness (QED) is 0.674. The van der Waals surface area contributed by atoms with Gasteiger partial charge in [-0.1, -0.05) is 0 Å². The predicted octanol–water partition coefficient (Wildman–Crippen LogP) is 0.156. The van der Waals surface area contributed by atoms with Crippen molar-refractivity contribution in [1.82, 2.24) is 28.8 Å². The first kappa shape index (κ1) is 17.6. The van der Waals surface area contributed by atoms with Crippen molar-refractivity contribution in [3.05, 3.63) is 27.6 Å². The molecule has 3 aromatic heterocycles. The molecule has 1 unspecified atom stereocenters. The van der Waals surface area contributed by atoms with Crippen molar-refractivity contribution in [3.63, 3.8) is 0 Å². The highest BCUT2D eigenvalue weighted by Gasteiger charge is 2.24. The maximum atomic E-state index is 12.4. The zero-order chi connectivity index (χ0) is 18.5. The van der Waals surface area contributed by atoms with E-state index in [0.717, 1.165) is 30.7 Å². The molecule has 1 atom stereocenters. The molecule has 9 nitrogen and oxygen atoms in total. The van der Waals surface area contributed by atoms with Gasteiger partial charge < -0.3 is 0 Å². The Morgan fingerprint density at radius 2 is 2.19 bits per heavy atom. The normalized spacial score (nSPS) is 19.5. The molecule has 0 bridgehead atoms. The van der Waals surface area contributed by atoms with E-state index in [1.807, 2.05) is 15.8 Å². The largest absolute Gasteiger partial charge is 0.294 e. The molecule has 1 aliphatic rings. The minimum atomic E-state index is -3.22. The first-order valence-electron chi connectivity index (χ1n) is 8.33. The molecule has 4 rings (SSSR count). The Morgan fingerprint density at radius 3 is 2.96 bits per heavy atom. The van der Waals surface area contributed by atoms with Gasteiger partial charge in [0.25, 0.3) is 5.56 Å². The first-order chi connectivity index (χ1) is 12.3. The molecule has 0 spiro atoms. The monoisotopic (exact) mass is 396 g/mol. The lowest BCUT2D eigenvalue weighted by molar-refractivity contribution is 0.190. The van der Waals surface area contributed by atoms with Gasteiger partial charge >= 0.3 is 0 Å². The third kappa shape index (κ3) is 3.15. The molecule has 1 fully saturated rings. The van der Waals surface area contributed by atoms with E-state index in [9.17, 15) is 13.2 Å². The number of hydrogen-bond acceptors (Lipinski definition) is 7. The van der Waals surface area contributed by atoms with E-state index in [-0.39, 0.29) is 11.6 Å². The highest BCUT2D eigenvalue weighted by atomic mass is 32.2. The molecule has 0 radical (unpaired) electrons. The average Bonchev–Trinajstić information content (AvgIpc) is 3.18. The van der Waals surface area contributed by atoms with Crippen LogP contribution >= 0.6 is 11.3 Å². The number of thiophene rings is 1. The maximum absolute atomic E-state index is 12.4. The average molecular weight is 396 g/mol. The lowest BCUT2D eigenvalue weighted by Gasteiger charge is -2.32.